The van der Waals surface area contributed by atoms with E-state index in [1.54, 1.807) is 10.6 Å². The van der Waals surface area contributed by atoms with Crippen LogP contribution < -0.4 is 15.4 Å². The lowest BCUT2D eigenvalue weighted by Gasteiger charge is -2.29. The van der Waals surface area contributed by atoms with Crippen LogP contribution in [0.5, 0.6) is 5.75 Å². The van der Waals surface area contributed by atoms with Gasteiger partial charge in [-0.1, -0.05) is 6.07 Å². The Morgan fingerprint density at radius 3 is 2.64 bits per heavy atom. The summed E-state index contributed by atoms with van der Waals surface area (Å²) in [5.74, 6) is -2.56. The number of amides is 4. The van der Waals surface area contributed by atoms with Crippen molar-refractivity contribution in [2.45, 2.75) is 18.4 Å². The molecule has 1 aromatic carbocycles. The number of nitrogens with zero attached hydrogens (tertiary/aromatic N) is 1. The lowest BCUT2D eigenvalue weighted by atomic mass is 10.1. The van der Waals surface area contributed by atoms with E-state index in [1.165, 1.54) is 49.8 Å². The summed E-state index contributed by atoms with van der Waals surface area (Å²) in [5, 5.41) is 3.17. The summed E-state index contributed by atoms with van der Waals surface area (Å²) in [4.78, 5) is 37.3. The van der Waals surface area contributed by atoms with Crippen molar-refractivity contribution >= 4 is 17.8 Å². The second kappa shape index (κ2) is 6.91. The Labute approximate surface area is 156 Å². The number of urea groups is 1. The van der Waals surface area contributed by atoms with Crippen LogP contribution in [0, 0.1) is 0 Å². The average molecular weight is 397 g/mol. The molecule has 1 aliphatic rings. The molecular formula is C17H14F3N3O5. The molecule has 148 valence electrons. The molecule has 1 atom stereocenters. The number of halogens is 3. The van der Waals surface area contributed by atoms with Crippen molar-refractivity contribution in [3.63, 3.8) is 0 Å². The number of benzene rings is 1. The maximum atomic E-state index is 13.8. The van der Waals surface area contributed by atoms with Crippen LogP contribution in [0.3, 0.4) is 0 Å². The highest BCUT2D eigenvalue weighted by atomic mass is 19.4. The summed E-state index contributed by atoms with van der Waals surface area (Å²) < 4.78 is 51.3. The second-order valence-electron chi connectivity index (χ2n) is 5.83. The standard InChI is InChI=1S/C17H14F3N3O5/c1-27-11-5-2-4-10(8-11)13(24)21-16(17(18,19)20)14(25)23(15(26)22-16)9-12-6-3-7-28-12/h2-8H,9H2,1H3,(H,21,24)(H,22,26). The minimum absolute atomic E-state index is 0.0978. The summed E-state index contributed by atoms with van der Waals surface area (Å²) in [6.07, 6.45) is -4.05. The predicted molar refractivity (Wildman–Crippen MR) is 87.0 cm³/mol. The zero-order chi connectivity index (χ0) is 20.5. The molecule has 1 unspecified atom stereocenters. The summed E-state index contributed by atoms with van der Waals surface area (Å²) in [7, 11) is 1.32. The van der Waals surface area contributed by atoms with Gasteiger partial charge < -0.3 is 14.5 Å². The number of furan rings is 1. The lowest BCUT2D eigenvalue weighted by Crippen LogP contribution is -2.69. The molecule has 0 radical (unpaired) electrons. The number of ether oxygens (including phenoxy) is 1. The molecule has 2 aromatic rings. The topological polar surface area (TPSA) is 101 Å². The van der Waals surface area contributed by atoms with Crippen LogP contribution in [0.1, 0.15) is 16.1 Å². The summed E-state index contributed by atoms with van der Waals surface area (Å²) in [5.41, 5.74) is -3.79. The number of methoxy groups -OCH3 is 1. The van der Waals surface area contributed by atoms with E-state index in [-0.39, 0.29) is 17.1 Å². The quantitative estimate of drug-likeness (QED) is 0.752. The highest BCUT2D eigenvalue weighted by molar-refractivity contribution is 6.10. The first kappa shape index (κ1) is 19.3. The minimum Gasteiger partial charge on any atom is -0.497 e. The Morgan fingerprint density at radius 2 is 2.04 bits per heavy atom. The number of carbonyl (C=O) groups is 3. The molecule has 2 heterocycles. The van der Waals surface area contributed by atoms with Gasteiger partial charge >= 0.3 is 12.2 Å². The molecule has 2 N–H and O–H groups in total. The molecule has 3 rings (SSSR count). The number of imide groups is 1. The smallest absolute Gasteiger partial charge is 0.440 e. The van der Waals surface area contributed by atoms with E-state index in [4.69, 9.17) is 9.15 Å². The Balaban J connectivity index is 1.92. The van der Waals surface area contributed by atoms with Crippen LogP contribution in [0.25, 0.3) is 0 Å². The third kappa shape index (κ3) is 3.26. The molecule has 0 aliphatic carbocycles. The molecule has 0 bridgehead atoms. The van der Waals surface area contributed by atoms with Gasteiger partial charge in [0, 0.05) is 5.56 Å². The number of carbonyl (C=O) groups excluding carboxylic acids is 3. The lowest BCUT2D eigenvalue weighted by molar-refractivity contribution is -0.200. The van der Waals surface area contributed by atoms with Crippen LogP contribution >= 0.6 is 0 Å². The van der Waals surface area contributed by atoms with Crippen molar-refractivity contribution in [2.24, 2.45) is 0 Å². The first-order valence-electron chi connectivity index (χ1n) is 7.88. The molecule has 1 fully saturated rings. The van der Waals surface area contributed by atoms with Crippen LogP contribution in [0.15, 0.2) is 47.1 Å². The molecule has 1 aromatic heterocycles. The van der Waals surface area contributed by atoms with Crippen molar-refractivity contribution in [3.05, 3.63) is 54.0 Å². The summed E-state index contributed by atoms with van der Waals surface area (Å²) in [6, 6.07) is 6.85. The first-order chi connectivity index (χ1) is 13.2. The van der Waals surface area contributed by atoms with Gasteiger partial charge in [0.2, 0.25) is 0 Å². The number of rotatable bonds is 5. The fraction of sp³-hybridized carbons (Fsp3) is 0.235. The number of alkyl halides is 3. The van der Waals surface area contributed by atoms with E-state index >= 15 is 0 Å². The van der Waals surface area contributed by atoms with Crippen LogP contribution in [-0.4, -0.2) is 41.7 Å². The molecule has 1 saturated heterocycles. The third-order valence-electron chi connectivity index (χ3n) is 4.06. The largest absolute Gasteiger partial charge is 0.497 e. The van der Waals surface area contributed by atoms with E-state index in [0.717, 1.165) is 0 Å². The van der Waals surface area contributed by atoms with Crippen molar-refractivity contribution in [3.8, 4) is 5.75 Å². The van der Waals surface area contributed by atoms with E-state index in [1.807, 2.05) is 0 Å². The molecule has 11 heteroatoms. The maximum Gasteiger partial charge on any atom is 0.440 e. The predicted octanol–water partition coefficient (Wildman–Crippen LogP) is 2.03. The SMILES string of the molecule is COc1cccc(C(=O)NC2(C(F)(F)F)NC(=O)N(Cc3ccco3)C2=O)c1. The Kier molecular flexibility index (Phi) is 4.75. The monoisotopic (exact) mass is 397 g/mol. The summed E-state index contributed by atoms with van der Waals surface area (Å²) >= 11 is 0. The second-order valence-corrected chi connectivity index (χ2v) is 5.83. The van der Waals surface area contributed by atoms with E-state index in [0.29, 0.717) is 4.90 Å². The van der Waals surface area contributed by atoms with Crippen LogP contribution in [-0.2, 0) is 11.3 Å². The molecular weight excluding hydrogens is 383 g/mol. The van der Waals surface area contributed by atoms with Gasteiger partial charge in [0.1, 0.15) is 11.5 Å². The van der Waals surface area contributed by atoms with Gasteiger partial charge in [-0.25, -0.2) is 4.79 Å². The average Bonchev–Trinajstić information content (AvgIpc) is 3.24. The number of nitrogens with one attached hydrogen (secondary N) is 2. The summed E-state index contributed by atoms with van der Waals surface area (Å²) in [6.45, 7) is -0.523. The Hall–Kier alpha value is -3.50. The van der Waals surface area contributed by atoms with Crippen molar-refractivity contribution in [1.82, 2.24) is 15.5 Å². The third-order valence-corrected chi connectivity index (χ3v) is 4.06. The molecule has 0 saturated carbocycles. The molecule has 0 spiro atoms. The van der Waals surface area contributed by atoms with Gasteiger partial charge in [0.05, 0.1) is 19.9 Å². The fourth-order valence-electron chi connectivity index (χ4n) is 2.63. The zero-order valence-corrected chi connectivity index (χ0v) is 14.4. The molecule has 1 aliphatic heterocycles. The van der Waals surface area contributed by atoms with Gasteiger partial charge in [0.25, 0.3) is 17.5 Å². The van der Waals surface area contributed by atoms with Gasteiger partial charge in [-0.3, -0.25) is 19.8 Å². The zero-order valence-electron chi connectivity index (χ0n) is 14.4. The van der Waals surface area contributed by atoms with Gasteiger partial charge in [-0.2, -0.15) is 13.2 Å². The Bertz CT molecular complexity index is 913. The molecule has 28 heavy (non-hydrogen) atoms. The van der Waals surface area contributed by atoms with Crippen LogP contribution in [0.2, 0.25) is 0 Å². The maximum absolute atomic E-state index is 13.8. The van der Waals surface area contributed by atoms with Crippen LogP contribution in [0.4, 0.5) is 18.0 Å². The minimum atomic E-state index is -5.30. The number of hydrogen-bond acceptors (Lipinski definition) is 5. The van der Waals surface area contributed by atoms with E-state index < -0.39 is 36.2 Å². The molecule has 4 amide bonds. The van der Waals surface area contributed by atoms with Crippen molar-refractivity contribution in [2.75, 3.05) is 7.11 Å². The Morgan fingerprint density at radius 1 is 1.29 bits per heavy atom. The van der Waals surface area contributed by atoms with Crippen molar-refractivity contribution < 1.29 is 36.7 Å². The first-order valence-corrected chi connectivity index (χ1v) is 7.88. The van der Waals surface area contributed by atoms with Crippen molar-refractivity contribution in [1.29, 1.82) is 0 Å². The highest BCUT2D eigenvalue weighted by Crippen LogP contribution is 2.34. The fourth-order valence-corrected chi connectivity index (χ4v) is 2.63. The number of hydrogen-bond donors (Lipinski definition) is 2. The van der Waals surface area contributed by atoms with E-state index in [9.17, 15) is 27.6 Å². The highest BCUT2D eigenvalue weighted by Gasteiger charge is 2.68. The van der Waals surface area contributed by atoms with E-state index in [2.05, 4.69) is 0 Å². The molecule has 8 nitrogen and oxygen atoms in total. The van der Waals surface area contributed by atoms with Gasteiger partial charge in [0.15, 0.2) is 0 Å². The van der Waals surface area contributed by atoms with Gasteiger partial charge in [-0.15, -0.1) is 0 Å². The normalized spacial score (nSPS) is 19.5. The van der Waals surface area contributed by atoms with Gasteiger partial charge in [-0.05, 0) is 30.3 Å².